The molecule has 6 heteroatoms. The molecular formula is C15H13N3O3. The monoisotopic (exact) mass is 283 g/mol. The molecule has 0 atom stereocenters. The minimum atomic E-state index is -0.405. The van der Waals surface area contributed by atoms with Crippen LogP contribution in [0.1, 0.15) is 22.4 Å². The van der Waals surface area contributed by atoms with E-state index in [4.69, 9.17) is 10.00 Å². The first-order chi connectivity index (χ1) is 10.0. The average molecular weight is 283 g/mol. The summed E-state index contributed by atoms with van der Waals surface area (Å²) in [5.41, 5.74) is 2.18. The van der Waals surface area contributed by atoms with Gasteiger partial charge in [0.2, 0.25) is 0 Å². The molecule has 6 nitrogen and oxygen atoms in total. The number of pyridine rings is 1. The maximum absolute atomic E-state index is 11.0. The summed E-state index contributed by atoms with van der Waals surface area (Å²) in [6.07, 6.45) is 1.47. The second-order valence-corrected chi connectivity index (χ2v) is 4.54. The van der Waals surface area contributed by atoms with Crippen molar-refractivity contribution < 1.29 is 9.66 Å². The lowest BCUT2D eigenvalue weighted by Gasteiger charge is -2.09. The quantitative estimate of drug-likeness (QED) is 0.635. The Hall–Kier alpha value is -2.94. The van der Waals surface area contributed by atoms with Gasteiger partial charge in [-0.3, -0.25) is 15.1 Å². The van der Waals surface area contributed by atoms with Crippen LogP contribution in [0.2, 0.25) is 0 Å². The third-order valence-corrected chi connectivity index (χ3v) is 3.12. The predicted octanol–water partition coefficient (Wildman–Crippen LogP) is 3.06. The molecule has 1 aromatic heterocycles. The molecule has 0 fully saturated rings. The van der Waals surface area contributed by atoms with E-state index in [9.17, 15) is 10.1 Å². The molecule has 0 bridgehead atoms. The number of ether oxygens (including phenoxy) is 1. The van der Waals surface area contributed by atoms with Crippen molar-refractivity contribution in [2.24, 2.45) is 0 Å². The highest BCUT2D eigenvalue weighted by Gasteiger charge is 2.18. The van der Waals surface area contributed by atoms with Gasteiger partial charge in [-0.25, -0.2) is 0 Å². The van der Waals surface area contributed by atoms with Gasteiger partial charge < -0.3 is 4.74 Å². The summed E-state index contributed by atoms with van der Waals surface area (Å²) >= 11 is 0. The van der Waals surface area contributed by atoms with Crippen molar-refractivity contribution in [3.63, 3.8) is 0 Å². The van der Waals surface area contributed by atoms with Crippen LogP contribution < -0.4 is 4.74 Å². The molecule has 21 heavy (non-hydrogen) atoms. The topological polar surface area (TPSA) is 89.0 Å². The van der Waals surface area contributed by atoms with Crippen LogP contribution in [-0.2, 0) is 6.61 Å². The molecule has 1 aromatic carbocycles. The summed E-state index contributed by atoms with van der Waals surface area (Å²) in [5, 5.41) is 19.8. The molecule has 0 spiro atoms. The highest BCUT2D eigenvalue weighted by molar-refractivity contribution is 5.47. The van der Waals surface area contributed by atoms with Gasteiger partial charge in [0.1, 0.15) is 12.4 Å². The van der Waals surface area contributed by atoms with Crippen LogP contribution in [-0.4, -0.2) is 9.91 Å². The Balaban J connectivity index is 2.18. The zero-order valence-electron chi connectivity index (χ0n) is 11.7. The molecule has 0 radical (unpaired) electrons. The minimum Gasteiger partial charge on any atom is -0.487 e. The number of nitrogens with zero attached hydrogens (tertiary/aromatic N) is 3. The summed E-state index contributed by atoms with van der Waals surface area (Å²) in [7, 11) is 0. The molecule has 0 aliphatic rings. The van der Waals surface area contributed by atoms with E-state index in [1.54, 1.807) is 38.1 Å². The number of nitro groups is 1. The third-order valence-electron chi connectivity index (χ3n) is 3.12. The first-order valence-corrected chi connectivity index (χ1v) is 6.25. The number of nitriles is 1. The molecule has 0 saturated heterocycles. The maximum atomic E-state index is 11.0. The number of aromatic nitrogens is 1. The van der Waals surface area contributed by atoms with Gasteiger partial charge >= 0.3 is 0 Å². The van der Waals surface area contributed by atoms with Gasteiger partial charge in [-0.05, 0) is 38.1 Å². The lowest BCUT2D eigenvalue weighted by Crippen LogP contribution is -2.05. The average Bonchev–Trinajstić information content (AvgIpc) is 2.46. The first-order valence-electron chi connectivity index (χ1n) is 6.25. The predicted molar refractivity (Wildman–Crippen MR) is 75.9 cm³/mol. The van der Waals surface area contributed by atoms with Crippen molar-refractivity contribution in [1.82, 2.24) is 4.98 Å². The van der Waals surface area contributed by atoms with E-state index >= 15 is 0 Å². The van der Waals surface area contributed by atoms with Crippen molar-refractivity contribution in [2.45, 2.75) is 20.5 Å². The largest absolute Gasteiger partial charge is 0.487 e. The van der Waals surface area contributed by atoms with Crippen LogP contribution in [0.25, 0.3) is 0 Å². The van der Waals surface area contributed by atoms with Crippen molar-refractivity contribution in [3.05, 3.63) is 63.0 Å². The summed E-state index contributed by atoms with van der Waals surface area (Å²) in [6, 6.07) is 8.67. The van der Waals surface area contributed by atoms with Crippen LogP contribution in [0.15, 0.2) is 30.5 Å². The van der Waals surface area contributed by atoms with Gasteiger partial charge in [-0.15, -0.1) is 0 Å². The van der Waals surface area contributed by atoms with Gasteiger partial charge in [0.15, 0.2) is 0 Å². The molecule has 106 valence electrons. The van der Waals surface area contributed by atoms with Gasteiger partial charge in [0, 0.05) is 11.8 Å². The molecular weight excluding hydrogens is 270 g/mol. The zero-order chi connectivity index (χ0) is 15.4. The smallest absolute Gasteiger partial charge is 0.278 e. The van der Waals surface area contributed by atoms with E-state index in [1.807, 2.05) is 6.07 Å². The molecule has 2 rings (SSSR count). The summed E-state index contributed by atoms with van der Waals surface area (Å²) in [5.74, 6) is 0.582. The Kier molecular flexibility index (Phi) is 4.14. The van der Waals surface area contributed by atoms with Crippen LogP contribution in [0.4, 0.5) is 5.69 Å². The second-order valence-electron chi connectivity index (χ2n) is 4.54. The Labute approximate surface area is 121 Å². The molecule has 0 aliphatic heterocycles. The van der Waals surface area contributed by atoms with E-state index in [2.05, 4.69) is 4.98 Å². The van der Waals surface area contributed by atoms with Gasteiger partial charge in [-0.2, -0.15) is 5.26 Å². The van der Waals surface area contributed by atoms with E-state index in [0.29, 0.717) is 28.1 Å². The van der Waals surface area contributed by atoms with E-state index in [-0.39, 0.29) is 12.3 Å². The van der Waals surface area contributed by atoms with Crippen LogP contribution in [0, 0.1) is 35.3 Å². The Morgan fingerprint density at radius 1 is 1.33 bits per heavy atom. The third kappa shape index (κ3) is 3.15. The number of benzene rings is 1. The van der Waals surface area contributed by atoms with Crippen LogP contribution >= 0.6 is 0 Å². The summed E-state index contributed by atoms with van der Waals surface area (Å²) < 4.78 is 5.55. The van der Waals surface area contributed by atoms with Crippen LogP contribution in [0.3, 0.4) is 0 Å². The molecule has 0 unspecified atom stereocenters. The van der Waals surface area contributed by atoms with Crippen molar-refractivity contribution in [3.8, 4) is 11.8 Å². The number of rotatable bonds is 4. The maximum Gasteiger partial charge on any atom is 0.278 e. The Bertz CT molecular complexity index is 718. The molecule has 0 N–H and O–H groups in total. The fraction of sp³-hybridized carbons (Fsp3) is 0.200. The fourth-order valence-electron chi connectivity index (χ4n) is 1.97. The number of aryl methyl sites for hydroxylation is 1. The fourth-order valence-corrected chi connectivity index (χ4v) is 1.97. The standard InChI is InChI=1S/C15H13N3O3/c1-10-8-17-14(11(2)15(10)18(19)20)9-21-13-5-3-12(7-16)4-6-13/h3-6,8H,9H2,1-2H3. The van der Waals surface area contributed by atoms with E-state index in [0.717, 1.165) is 0 Å². The SMILES string of the molecule is Cc1cnc(COc2ccc(C#N)cc2)c(C)c1[N+](=O)[O-]. The van der Waals surface area contributed by atoms with Gasteiger partial charge in [0.05, 0.1) is 27.8 Å². The number of hydrogen-bond acceptors (Lipinski definition) is 5. The molecule has 0 amide bonds. The lowest BCUT2D eigenvalue weighted by atomic mass is 10.1. The first kappa shape index (κ1) is 14.5. The normalized spacial score (nSPS) is 9.95. The Morgan fingerprint density at radius 2 is 2.00 bits per heavy atom. The summed E-state index contributed by atoms with van der Waals surface area (Å²) in [6.45, 7) is 3.46. The molecule has 0 saturated carbocycles. The molecule has 0 aliphatic carbocycles. The highest BCUT2D eigenvalue weighted by atomic mass is 16.6. The van der Waals surface area contributed by atoms with E-state index < -0.39 is 4.92 Å². The van der Waals surface area contributed by atoms with Crippen molar-refractivity contribution >= 4 is 5.69 Å². The molecule has 1 heterocycles. The van der Waals surface area contributed by atoms with Crippen molar-refractivity contribution in [1.29, 1.82) is 5.26 Å². The summed E-state index contributed by atoms with van der Waals surface area (Å²) in [4.78, 5) is 14.8. The minimum absolute atomic E-state index is 0.0726. The van der Waals surface area contributed by atoms with Crippen molar-refractivity contribution in [2.75, 3.05) is 0 Å². The van der Waals surface area contributed by atoms with E-state index in [1.165, 1.54) is 6.20 Å². The second kappa shape index (κ2) is 6.01. The van der Waals surface area contributed by atoms with Gasteiger partial charge in [0.25, 0.3) is 5.69 Å². The molecule has 2 aromatic rings. The lowest BCUT2D eigenvalue weighted by molar-refractivity contribution is -0.386. The highest BCUT2D eigenvalue weighted by Crippen LogP contribution is 2.25. The number of hydrogen-bond donors (Lipinski definition) is 0. The Morgan fingerprint density at radius 3 is 2.57 bits per heavy atom. The van der Waals surface area contributed by atoms with Gasteiger partial charge in [-0.1, -0.05) is 0 Å². The van der Waals surface area contributed by atoms with Crippen LogP contribution in [0.5, 0.6) is 5.75 Å². The zero-order valence-corrected chi connectivity index (χ0v) is 11.7.